The summed E-state index contributed by atoms with van der Waals surface area (Å²) < 4.78 is 5.27. The van der Waals surface area contributed by atoms with Crippen LogP contribution in [0.2, 0.25) is 0 Å². The molecule has 0 spiro atoms. The number of methoxy groups -OCH3 is 1. The van der Waals surface area contributed by atoms with E-state index in [-0.39, 0.29) is 0 Å². The number of ether oxygens (including phenoxy) is 1. The normalized spacial score (nSPS) is 17.3. The molecule has 1 aliphatic heterocycles. The lowest BCUT2D eigenvalue weighted by Gasteiger charge is -2.35. The average Bonchev–Trinajstić information content (AvgIpc) is 2.63. The summed E-state index contributed by atoms with van der Waals surface area (Å²) in [7, 11) is 1.71. The van der Waals surface area contributed by atoms with Gasteiger partial charge < -0.3 is 9.64 Å². The maximum Gasteiger partial charge on any atom is 0.118 e. The van der Waals surface area contributed by atoms with Crippen LogP contribution in [-0.2, 0) is 13.0 Å². The molecule has 3 rings (SSSR count). The molecule has 24 heavy (non-hydrogen) atoms. The highest BCUT2D eigenvalue weighted by atomic mass is 16.5. The van der Waals surface area contributed by atoms with Gasteiger partial charge >= 0.3 is 0 Å². The lowest BCUT2D eigenvalue weighted by molar-refractivity contribution is 0.291. The quantitative estimate of drug-likeness (QED) is 0.771. The fraction of sp³-hybridized carbons (Fsp3) is 0.273. The number of benzene rings is 2. The highest BCUT2D eigenvalue weighted by Gasteiger charge is 2.22. The number of hydrogen-bond acceptors (Lipinski definition) is 2. The van der Waals surface area contributed by atoms with Gasteiger partial charge in [0.25, 0.3) is 0 Å². The van der Waals surface area contributed by atoms with Crippen LogP contribution in [0, 0.1) is 0 Å². The fourth-order valence-corrected chi connectivity index (χ4v) is 3.17. The topological polar surface area (TPSA) is 12.5 Å². The molecule has 1 atom stereocenters. The number of hydrogen-bond donors (Lipinski definition) is 0. The first-order chi connectivity index (χ1) is 11.7. The van der Waals surface area contributed by atoms with Crippen LogP contribution in [-0.4, -0.2) is 18.1 Å². The molecular weight excluding hydrogens is 294 g/mol. The van der Waals surface area contributed by atoms with Gasteiger partial charge in [-0.3, -0.25) is 0 Å². The van der Waals surface area contributed by atoms with E-state index in [1.54, 1.807) is 7.11 Å². The largest absolute Gasteiger partial charge is 0.497 e. The summed E-state index contributed by atoms with van der Waals surface area (Å²) in [5.41, 5.74) is 5.50. The second-order valence-electron chi connectivity index (χ2n) is 6.41. The standard InChI is InChI=1S/C22H25NO/c1-17-13-14-23(16-20-7-5-4-6-8-20)22(18(17)2)15-19-9-11-21(24-3)12-10-19/h4-14,22H,15-16H2,1-3H3. The van der Waals surface area contributed by atoms with Crippen LogP contribution < -0.4 is 4.74 Å². The van der Waals surface area contributed by atoms with Crippen molar-refractivity contribution in [2.75, 3.05) is 7.11 Å². The van der Waals surface area contributed by atoms with E-state index < -0.39 is 0 Å². The van der Waals surface area contributed by atoms with Crippen LogP contribution in [0.4, 0.5) is 0 Å². The Morgan fingerprint density at radius 2 is 1.62 bits per heavy atom. The monoisotopic (exact) mass is 319 g/mol. The number of rotatable bonds is 5. The predicted octanol–water partition coefficient (Wildman–Crippen LogP) is 4.97. The van der Waals surface area contributed by atoms with Gasteiger partial charge in [0.2, 0.25) is 0 Å². The Bertz CT molecular complexity index is 728. The first kappa shape index (κ1) is 16.4. The molecule has 0 saturated heterocycles. The zero-order chi connectivity index (χ0) is 16.9. The van der Waals surface area contributed by atoms with Crippen molar-refractivity contribution in [2.24, 2.45) is 0 Å². The third-order valence-electron chi connectivity index (χ3n) is 4.83. The van der Waals surface area contributed by atoms with Crippen molar-refractivity contribution in [1.29, 1.82) is 0 Å². The molecule has 2 aromatic carbocycles. The van der Waals surface area contributed by atoms with E-state index in [4.69, 9.17) is 4.74 Å². The maximum atomic E-state index is 5.27. The molecule has 0 saturated carbocycles. The zero-order valence-electron chi connectivity index (χ0n) is 14.7. The van der Waals surface area contributed by atoms with Gasteiger partial charge in [-0.05, 0) is 60.8 Å². The van der Waals surface area contributed by atoms with Crippen LogP contribution in [0.15, 0.2) is 78.0 Å². The molecule has 0 aromatic heterocycles. The van der Waals surface area contributed by atoms with Gasteiger partial charge in [0.15, 0.2) is 0 Å². The van der Waals surface area contributed by atoms with Crippen LogP contribution in [0.25, 0.3) is 0 Å². The van der Waals surface area contributed by atoms with Gasteiger partial charge in [-0.15, -0.1) is 0 Å². The molecule has 2 nitrogen and oxygen atoms in total. The SMILES string of the molecule is COc1ccc(CC2C(C)=C(C)C=CN2Cc2ccccc2)cc1. The van der Waals surface area contributed by atoms with Gasteiger partial charge in [-0.25, -0.2) is 0 Å². The Morgan fingerprint density at radius 3 is 2.29 bits per heavy atom. The second-order valence-corrected chi connectivity index (χ2v) is 6.41. The molecule has 1 heterocycles. The highest BCUT2D eigenvalue weighted by molar-refractivity contribution is 5.34. The van der Waals surface area contributed by atoms with E-state index >= 15 is 0 Å². The Morgan fingerprint density at radius 1 is 0.917 bits per heavy atom. The summed E-state index contributed by atoms with van der Waals surface area (Å²) in [6.45, 7) is 5.39. The van der Waals surface area contributed by atoms with Crippen molar-refractivity contribution >= 4 is 0 Å². The average molecular weight is 319 g/mol. The third kappa shape index (κ3) is 3.70. The minimum Gasteiger partial charge on any atom is -0.497 e. The van der Waals surface area contributed by atoms with Crippen LogP contribution >= 0.6 is 0 Å². The molecular formula is C22H25NO. The van der Waals surface area contributed by atoms with Crippen molar-refractivity contribution < 1.29 is 4.74 Å². The Balaban J connectivity index is 1.81. The molecule has 2 heteroatoms. The summed E-state index contributed by atoms with van der Waals surface area (Å²) in [6.07, 6.45) is 5.47. The van der Waals surface area contributed by atoms with Crippen molar-refractivity contribution in [3.8, 4) is 5.75 Å². The summed E-state index contributed by atoms with van der Waals surface area (Å²) in [6, 6.07) is 19.5. The predicted molar refractivity (Wildman–Crippen MR) is 100.0 cm³/mol. The molecule has 0 aliphatic carbocycles. The first-order valence-electron chi connectivity index (χ1n) is 8.45. The summed E-state index contributed by atoms with van der Waals surface area (Å²) in [4.78, 5) is 2.45. The van der Waals surface area contributed by atoms with Crippen molar-refractivity contribution in [1.82, 2.24) is 4.90 Å². The molecule has 0 radical (unpaired) electrons. The minimum atomic E-state index is 0.392. The highest BCUT2D eigenvalue weighted by Crippen LogP contribution is 2.26. The van der Waals surface area contributed by atoms with E-state index in [9.17, 15) is 0 Å². The van der Waals surface area contributed by atoms with Gasteiger partial charge in [-0.2, -0.15) is 0 Å². The third-order valence-corrected chi connectivity index (χ3v) is 4.83. The number of nitrogens with zero attached hydrogens (tertiary/aromatic N) is 1. The molecule has 0 amide bonds. The van der Waals surface area contributed by atoms with Crippen LogP contribution in [0.1, 0.15) is 25.0 Å². The van der Waals surface area contributed by atoms with E-state index in [0.717, 1.165) is 18.7 Å². The summed E-state index contributed by atoms with van der Waals surface area (Å²) in [5.74, 6) is 0.909. The lowest BCUT2D eigenvalue weighted by atomic mass is 9.92. The molecule has 2 aromatic rings. The smallest absolute Gasteiger partial charge is 0.118 e. The fourth-order valence-electron chi connectivity index (χ4n) is 3.17. The van der Waals surface area contributed by atoms with Crippen molar-refractivity contribution in [3.05, 3.63) is 89.1 Å². The Labute approximate surface area is 145 Å². The van der Waals surface area contributed by atoms with Gasteiger partial charge in [0, 0.05) is 12.7 Å². The molecule has 124 valence electrons. The summed E-state index contributed by atoms with van der Waals surface area (Å²) >= 11 is 0. The van der Waals surface area contributed by atoms with E-state index in [1.807, 2.05) is 12.1 Å². The maximum absolute atomic E-state index is 5.27. The lowest BCUT2D eigenvalue weighted by Crippen LogP contribution is -2.35. The molecule has 1 aliphatic rings. The Kier molecular flexibility index (Phi) is 5.05. The first-order valence-corrected chi connectivity index (χ1v) is 8.45. The van der Waals surface area contributed by atoms with E-state index in [1.165, 1.54) is 22.3 Å². The van der Waals surface area contributed by atoms with E-state index in [2.05, 4.69) is 73.5 Å². The second kappa shape index (κ2) is 7.39. The molecule has 0 bridgehead atoms. The van der Waals surface area contributed by atoms with Crippen LogP contribution in [0.3, 0.4) is 0 Å². The number of allylic oxidation sites excluding steroid dienone is 2. The Hall–Kier alpha value is -2.48. The van der Waals surface area contributed by atoms with Crippen molar-refractivity contribution in [3.63, 3.8) is 0 Å². The van der Waals surface area contributed by atoms with Crippen LogP contribution in [0.5, 0.6) is 5.75 Å². The van der Waals surface area contributed by atoms with Gasteiger partial charge in [0.1, 0.15) is 5.75 Å². The minimum absolute atomic E-state index is 0.392. The zero-order valence-corrected chi connectivity index (χ0v) is 14.7. The van der Waals surface area contributed by atoms with Gasteiger partial charge in [0.05, 0.1) is 13.2 Å². The van der Waals surface area contributed by atoms with E-state index in [0.29, 0.717) is 6.04 Å². The molecule has 0 N–H and O–H groups in total. The molecule has 0 fully saturated rings. The molecule has 1 unspecified atom stereocenters. The van der Waals surface area contributed by atoms with Gasteiger partial charge in [-0.1, -0.05) is 42.5 Å². The summed E-state index contributed by atoms with van der Waals surface area (Å²) in [5, 5.41) is 0. The van der Waals surface area contributed by atoms with Crippen molar-refractivity contribution in [2.45, 2.75) is 32.9 Å².